The van der Waals surface area contributed by atoms with E-state index < -0.39 is 0 Å². The summed E-state index contributed by atoms with van der Waals surface area (Å²) >= 11 is 13.0. The van der Waals surface area contributed by atoms with Crippen molar-refractivity contribution in [2.24, 2.45) is 17.6 Å². The standard InChI is InChI=1S/C23H23ClN4O2.C22H22ClN5O/c1-13-7-21-16(9-20(13)26-2)18(17-10-27-11-19(25)22(17)24)12-28(21)15-6-4-5-14(8-15)23(29)30-3;1-12-6-20-15(8-19(12)26-2)17(16-9-27-10-18(24)21(16)23)11-28(20)14-5-3-4-13(7-14)22(25)29/h7,9-12,14-15H,4-6,8,25H2,1,3H3;6,8-11,13-14H,3-5,7,24H2,1H3,(H2,25,29). The first-order valence-corrected chi connectivity index (χ1v) is 20.3. The molecule has 14 heteroatoms. The Morgan fingerprint density at radius 3 is 1.58 bits per heavy atom. The van der Waals surface area contributed by atoms with Gasteiger partial charge >= 0.3 is 5.97 Å². The Morgan fingerprint density at radius 2 is 1.15 bits per heavy atom. The van der Waals surface area contributed by atoms with Crippen LogP contribution in [0.25, 0.3) is 53.7 Å². The molecular formula is C45H45Cl2N9O3. The van der Waals surface area contributed by atoms with Gasteiger partial charge in [-0.1, -0.05) is 36.0 Å². The van der Waals surface area contributed by atoms with E-state index in [9.17, 15) is 9.59 Å². The third-order valence-electron chi connectivity index (χ3n) is 12.0. The fourth-order valence-corrected chi connectivity index (χ4v) is 9.22. The lowest BCUT2D eigenvalue weighted by Crippen LogP contribution is -2.29. The minimum absolute atomic E-state index is 0.101. The number of aryl methyl sites for hydroxylation is 2. The van der Waals surface area contributed by atoms with Gasteiger partial charge in [-0.2, -0.15) is 0 Å². The van der Waals surface area contributed by atoms with Crippen LogP contribution in [0, 0.1) is 38.8 Å². The summed E-state index contributed by atoms with van der Waals surface area (Å²) < 4.78 is 9.42. The predicted molar refractivity (Wildman–Crippen MR) is 234 cm³/mol. The average molecular weight is 831 g/mol. The van der Waals surface area contributed by atoms with Gasteiger partial charge in [-0.15, -0.1) is 0 Å². The number of carbonyl (C=O) groups excluding carboxylic acids is 2. The molecule has 2 fully saturated rings. The highest BCUT2D eigenvalue weighted by Gasteiger charge is 2.31. The third-order valence-corrected chi connectivity index (χ3v) is 12.8. The summed E-state index contributed by atoms with van der Waals surface area (Å²) in [5, 5.41) is 2.76. The van der Waals surface area contributed by atoms with E-state index in [-0.39, 0.29) is 35.8 Å². The molecule has 4 unspecified atom stereocenters. The molecule has 0 spiro atoms. The van der Waals surface area contributed by atoms with E-state index in [2.05, 4.69) is 35.0 Å². The zero-order valence-electron chi connectivity index (χ0n) is 33.1. The van der Waals surface area contributed by atoms with Crippen molar-refractivity contribution in [2.45, 2.75) is 77.3 Å². The number of anilines is 2. The molecular weight excluding hydrogens is 785 g/mol. The van der Waals surface area contributed by atoms with E-state index in [1.165, 1.54) is 19.5 Å². The van der Waals surface area contributed by atoms with Crippen LogP contribution in [0.3, 0.4) is 0 Å². The minimum Gasteiger partial charge on any atom is -0.469 e. The molecule has 0 aliphatic heterocycles. The van der Waals surface area contributed by atoms with Crippen molar-refractivity contribution in [1.29, 1.82) is 0 Å². The van der Waals surface area contributed by atoms with E-state index in [0.29, 0.717) is 39.2 Å². The number of hydrogen-bond acceptors (Lipinski definition) is 7. The predicted octanol–water partition coefficient (Wildman–Crippen LogP) is 10.7. The van der Waals surface area contributed by atoms with E-state index in [1.54, 1.807) is 12.4 Å². The summed E-state index contributed by atoms with van der Waals surface area (Å²) in [4.78, 5) is 39.7. The van der Waals surface area contributed by atoms with Crippen molar-refractivity contribution in [1.82, 2.24) is 19.1 Å². The number of esters is 1. The largest absolute Gasteiger partial charge is 0.469 e. The van der Waals surface area contributed by atoms with Crippen LogP contribution in [-0.2, 0) is 14.3 Å². The summed E-state index contributed by atoms with van der Waals surface area (Å²) in [7, 11) is 1.44. The lowest BCUT2D eigenvalue weighted by Gasteiger charge is -2.29. The molecule has 1 amide bonds. The maximum absolute atomic E-state index is 12.1. The summed E-state index contributed by atoms with van der Waals surface area (Å²) in [5.74, 6) is -0.598. The fourth-order valence-electron chi connectivity index (χ4n) is 8.82. The number of pyridine rings is 2. The SMILES string of the molecule is [C-]#[N+]c1cc2c(-c3cncc(N)c3Cl)cn(C3CCCC(C(=O)OC)C3)c2cc1C.[C-]#[N+]c1cc2c(-c3cncc(N)c3Cl)cn(C3CCCC(C(N)=O)C3)c2cc1C. The second-order valence-corrected chi connectivity index (χ2v) is 16.3. The Morgan fingerprint density at radius 1 is 0.712 bits per heavy atom. The number of nitrogens with two attached hydrogens (primary N) is 3. The maximum Gasteiger partial charge on any atom is 0.308 e. The molecule has 12 nitrogen and oxygen atoms in total. The van der Waals surface area contributed by atoms with Crippen LogP contribution in [0.5, 0.6) is 0 Å². The Hall–Kier alpha value is -6.08. The van der Waals surface area contributed by atoms with Crippen LogP contribution in [0.15, 0.2) is 61.4 Å². The molecule has 6 N–H and O–H groups in total. The molecule has 4 heterocycles. The van der Waals surface area contributed by atoms with Crippen molar-refractivity contribution < 1.29 is 14.3 Å². The van der Waals surface area contributed by atoms with Gasteiger partial charge in [0.15, 0.2) is 11.4 Å². The van der Waals surface area contributed by atoms with Gasteiger partial charge in [0.05, 0.1) is 60.0 Å². The van der Waals surface area contributed by atoms with Crippen LogP contribution in [-0.4, -0.2) is 38.1 Å². The van der Waals surface area contributed by atoms with Crippen molar-refractivity contribution in [3.63, 3.8) is 0 Å². The number of nitrogens with zero attached hydrogens (tertiary/aromatic N) is 6. The van der Waals surface area contributed by atoms with E-state index in [1.807, 2.05) is 44.3 Å². The van der Waals surface area contributed by atoms with Gasteiger partial charge in [0, 0.05) is 76.1 Å². The Kier molecular flexibility index (Phi) is 11.9. The number of amides is 1. The molecule has 0 bridgehead atoms. The second-order valence-electron chi connectivity index (χ2n) is 15.6. The highest BCUT2D eigenvalue weighted by atomic mass is 35.5. The molecule has 4 atom stereocenters. The maximum atomic E-state index is 12.1. The molecule has 8 rings (SSSR count). The van der Waals surface area contributed by atoms with Gasteiger partial charge in [-0.25, -0.2) is 9.69 Å². The van der Waals surface area contributed by atoms with Gasteiger partial charge < -0.3 is 31.1 Å². The summed E-state index contributed by atoms with van der Waals surface area (Å²) in [6.07, 6.45) is 17.5. The number of nitrogen functional groups attached to an aromatic ring is 2. The number of hydrogen-bond donors (Lipinski definition) is 3. The van der Waals surface area contributed by atoms with E-state index in [0.717, 1.165) is 100 Å². The number of benzene rings is 2. The number of carbonyl (C=O) groups is 2. The Bertz CT molecular complexity index is 2710. The van der Waals surface area contributed by atoms with Crippen LogP contribution in [0.2, 0.25) is 10.0 Å². The van der Waals surface area contributed by atoms with Crippen LogP contribution < -0.4 is 17.2 Å². The molecule has 2 saturated carbocycles. The normalized spacial score (nSPS) is 19.0. The molecule has 0 saturated heterocycles. The molecule has 0 radical (unpaired) electrons. The van der Waals surface area contributed by atoms with Crippen molar-refractivity contribution >= 4 is 79.6 Å². The quantitative estimate of drug-likeness (QED) is 0.111. The molecule has 4 aromatic heterocycles. The van der Waals surface area contributed by atoms with E-state index in [4.69, 9.17) is 58.3 Å². The molecule has 6 aromatic rings. The average Bonchev–Trinajstić information content (AvgIpc) is 3.79. The summed E-state index contributed by atoms with van der Waals surface area (Å²) in [5.41, 5.74) is 26.7. The molecule has 2 aliphatic carbocycles. The highest BCUT2D eigenvalue weighted by Crippen LogP contribution is 2.45. The first-order chi connectivity index (χ1) is 28.3. The Balaban J connectivity index is 0.000000179. The molecule has 59 heavy (non-hydrogen) atoms. The smallest absolute Gasteiger partial charge is 0.308 e. The van der Waals surface area contributed by atoms with Gasteiger partial charge in [-0.3, -0.25) is 19.6 Å². The number of fused-ring (bicyclic) bond motifs is 2. The van der Waals surface area contributed by atoms with Crippen molar-refractivity contribution in [3.8, 4) is 22.3 Å². The van der Waals surface area contributed by atoms with Crippen molar-refractivity contribution in [3.05, 3.63) is 105 Å². The first kappa shape index (κ1) is 41.1. The van der Waals surface area contributed by atoms with Crippen LogP contribution in [0.1, 0.15) is 74.6 Å². The number of ether oxygens (including phenoxy) is 1. The van der Waals surface area contributed by atoms with Gasteiger partial charge in [0.1, 0.15) is 0 Å². The molecule has 302 valence electrons. The molecule has 2 aliphatic rings. The minimum atomic E-state index is -0.235. The highest BCUT2D eigenvalue weighted by molar-refractivity contribution is 6.36. The van der Waals surface area contributed by atoms with Gasteiger partial charge in [-0.05, 0) is 98.5 Å². The number of primary amides is 1. The molecule has 2 aromatic carbocycles. The lowest BCUT2D eigenvalue weighted by molar-refractivity contribution is -0.147. The zero-order chi connectivity index (χ0) is 42.1. The monoisotopic (exact) mass is 829 g/mol. The van der Waals surface area contributed by atoms with Crippen LogP contribution in [0.4, 0.5) is 22.7 Å². The number of methoxy groups -OCH3 is 1. The van der Waals surface area contributed by atoms with E-state index >= 15 is 0 Å². The second kappa shape index (κ2) is 17.0. The van der Waals surface area contributed by atoms with Gasteiger partial charge in [0.2, 0.25) is 5.91 Å². The Labute approximate surface area is 352 Å². The fraction of sp³-hybridized carbons (Fsp3) is 0.333. The van der Waals surface area contributed by atoms with Crippen LogP contribution >= 0.6 is 23.2 Å². The topological polar surface area (TPSA) is 166 Å². The zero-order valence-corrected chi connectivity index (χ0v) is 34.6. The lowest BCUT2D eigenvalue weighted by atomic mass is 9.85. The third kappa shape index (κ3) is 7.91. The van der Waals surface area contributed by atoms with Crippen molar-refractivity contribution in [2.75, 3.05) is 18.6 Å². The first-order valence-electron chi connectivity index (χ1n) is 19.6. The number of rotatable bonds is 6. The number of aromatic nitrogens is 4. The number of halogens is 2. The van der Waals surface area contributed by atoms with Gasteiger partial charge in [0.25, 0.3) is 0 Å². The summed E-state index contributed by atoms with van der Waals surface area (Å²) in [6, 6.07) is 8.20. The summed E-state index contributed by atoms with van der Waals surface area (Å²) in [6.45, 7) is 18.9.